The molecule has 2 aromatic carbocycles. The van der Waals surface area contributed by atoms with Crippen LogP contribution in [0.15, 0.2) is 42.5 Å². The van der Waals surface area contributed by atoms with E-state index in [1.807, 2.05) is 30.3 Å². The van der Waals surface area contributed by atoms with Gasteiger partial charge in [-0.1, -0.05) is 48.0 Å². The van der Waals surface area contributed by atoms with Crippen LogP contribution in [-0.2, 0) is 17.6 Å². The van der Waals surface area contributed by atoms with Crippen molar-refractivity contribution >= 4 is 23.2 Å². The normalized spacial score (nSPS) is 13.8. The van der Waals surface area contributed by atoms with Crippen molar-refractivity contribution in [2.75, 3.05) is 5.32 Å². The van der Waals surface area contributed by atoms with Crippen LogP contribution >= 0.6 is 11.6 Å². The van der Waals surface area contributed by atoms with Gasteiger partial charge in [0.15, 0.2) is 0 Å². The average Bonchev–Trinajstić information content (AvgIpc) is 2.43. The fourth-order valence-corrected chi connectivity index (χ4v) is 2.68. The van der Waals surface area contributed by atoms with E-state index in [9.17, 15) is 4.79 Å². The van der Waals surface area contributed by atoms with Crippen molar-refractivity contribution in [3.8, 4) is 0 Å². The van der Waals surface area contributed by atoms with E-state index in [1.54, 1.807) is 0 Å². The second-order valence-electron chi connectivity index (χ2n) is 4.77. The molecular weight excluding hydrogens is 258 g/mol. The summed E-state index contributed by atoms with van der Waals surface area (Å²) in [6, 6.07) is 14.1. The first-order valence-corrected chi connectivity index (χ1v) is 6.76. The molecule has 1 aliphatic rings. The van der Waals surface area contributed by atoms with Gasteiger partial charge in [-0.3, -0.25) is 4.79 Å². The molecule has 1 aliphatic heterocycles. The summed E-state index contributed by atoms with van der Waals surface area (Å²) in [4.78, 5) is 11.6. The van der Waals surface area contributed by atoms with Crippen molar-refractivity contribution in [1.82, 2.24) is 0 Å². The molecule has 3 rings (SSSR count). The molecule has 0 atom stereocenters. The van der Waals surface area contributed by atoms with Crippen LogP contribution in [0.25, 0.3) is 0 Å². The van der Waals surface area contributed by atoms with Crippen molar-refractivity contribution in [3.05, 3.63) is 64.2 Å². The quantitative estimate of drug-likeness (QED) is 0.884. The van der Waals surface area contributed by atoms with Crippen LogP contribution in [0.1, 0.15) is 23.1 Å². The van der Waals surface area contributed by atoms with Crippen LogP contribution in [0.2, 0.25) is 5.02 Å². The molecule has 2 nitrogen and oxygen atoms in total. The Bertz CT molecular complexity index is 622. The first-order valence-electron chi connectivity index (χ1n) is 6.38. The number of fused-ring (bicyclic) bond motifs is 1. The smallest absolute Gasteiger partial charge is 0.224 e. The number of nitrogens with one attached hydrogen (secondary N) is 1. The Morgan fingerprint density at radius 2 is 1.84 bits per heavy atom. The molecule has 1 heterocycles. The van der Waals surface area contributed by atoms with Crippen molar-refractivity contribution in [2.24, 2.45) is 0 Å². The predicted molar refractivity (Wildman–Crippen MR) is 77.7 cm³/mol. The summed E-state index contributed by atoms with van der Waals surface area (Å²) in [6.45, 7) is 0. The lowest BCUT2D eigenvalue weighted by Crippen LogP contribution is -2.20. The second kappa shape index (κ2) is 5.06. The summed E-state index contributed by atoms with van der Waals surface area (Å²) < 4.78 is 0. The van der Waals surface area contributed by atoms with Crippen molar-refractivity contribution in [3.63, 3.8) is 0 Å². The van der Waals surface area contributed by atoms with E-state index in [0.29, 0.717) is 11.4 Å². The number of carbonyl (C=O) groups excluding carboxylic acids is 1. The highest BCUT2D eigenvalue weighted by Crippen LogP contribution is 2.33. The molecule has 2 aromatic rings. The minimum Gasteiger partial charge on any atom is -0.326 e. The monoisotopic (exact) mass is 271 g/mol. The Balaban J connectivity index is 2.03. The Labute approximate surface area is 117 Å². The maximum Gasteiger partial charge on any atom is 0.224 e. The molecule has 0 bridgehead atoms. The lowest BCUT2D eigenvalue weighted by Gasteiger charge is -2.21. The minimum atomic E-state index is 0.0732. The number of aryl methyl sites for hydroxylation is 1. The summed E-state index contributed by atoms with van der Waals surface area (Å²) in [7, 11) is 0. The molecule has 0 aromatic heterocycles. The van der Waals surface area contributed by atoms with Gasteiger partial charge in [-0.05, 0) is 29.2 Å². The van der Waals surface area contributed by atoms with Gasteiger partial charge < -0.3 is 5.32 Å². The zero-order valence-electron chi connectivity index (χ0n) is 10.4. The SMILES string of the molecule is O=C1CCc2ccc(Cl)c(Cc3ccccc3)c2N1. The third-order valence-corrected chi connectivity index (χ3v) is 3.81. The van der Waals surface area contributed by atoms with Gasteiger partial charge in [-0.25, -0.2) is 0 Å². The summed E-state index contributed by atoms with van der Waals surface area (Å²) in [5, 5.41) is 3.68. The van der Waals surface area contributed by atoms with E-state index in [1.165, 1.54) is 11.1 Å². The first kappa shape index (κ1) is 12.2. The molecule has 0 radical (unpaired) electrons. The van der Waals surface area contributed by atoms with Gasteiger partial charge in [0.05, 0.1) is 0 Å². The zero-order valence-corrected chi connectivity index (χ0v) is 11.2. The number of carbonyl (C=O) groups is 1. The van der Waals surface area contributed by atoms with E-state index < -0.39 is 0 Å². The van der Waals surface area contributed by atoms with E-state index in [0.717, 1.165) is 24.1 Å². The zero-order chi connectivity index (χ0) is 13.2. The number of halogens is 1. The van der Waals surface area contributed by atoms with Crippen LogP contribution in [0.5, 0.6) is 0 Å². The summed E-state index contributed by atoms with van der Waals surface area (Å²) >= 11 is 6.31. The minimum absolute atomic E-state index is 0.0732. The molecule has 0 saturated heterocycles. The van der Waals surface area contributed by atoms with Crippen LogP contribution in [-0.4, -0.2) is 5.91 Å². The third-order valence-electron chi connectivity index (χ3n) is 3.45. The highest BCUT2D eigenvalue weighted by molar-refractivity contribution is 6.32. The maximum atomic E-state index is 11.6. The van der Waals surface area contributed by atoms with Crippen molar-refractivity contribution in [1.29, 1.82) is 0 Å². The average molecular weight is 272 g/mol. The Hall–Kier alpha value is -1.80. The van der Waals surface area contributed by atoms with Crippen LogP contribution in [0.4, 0.5) is 5.69 Å². The van der Waals surface area contributed by atoms with Crippen LogP contribution < -0.4 is 5.32 Å². The number of hydrogen-bond acceptors (Lipinski definition) is 1. The highest BCUT2D eigenvalue weighted by Gasteiger charge is 2.19. The Kier molecular flexibility index (Phi) is 3.26. The summed E-state index contributed by atoms with van der Waals surface area (Å²) in [5.41, 5.74) is 4.29. The topological polar surface area (TPSA) is 29.1 Å². The van der Waals surface area contributed by atoms with Gasteiger partial charge in [-0.15, -0.1) is 0 Å². The Morgan fingerprint density at radius 1 is 1.05 bits per heavy atom. The molecule has 0 unspecified atom stereocenters. The number of amides is 1. The molecule has 0 saturated carbocycles. The van der Waals surface area contributed by atoms with Gasteiger partial charge in [-0.2, -0.15) is 0 Å². The van der Waals surface area contributed by atoms with E-state index in [4.69, 9.17) is 11.6 Å². The molecule has 1 N–H and O–H groups in total. The third kappa shape index (κ3) is 2.49. The molecule has 3 heteroatoms. The predicted octanol–water partition coefficient (Wildman–Crippen LogP) is 3.82. The fraction of sp³-hybridized carbons (Fsp3) is 0.188. The van der Waals surface area contributed by atoms with E-state index in [-0.39, 0.29) is 5.91 Å². The molecule has 96 valence electrons. The van der Waals surface area contributed by atoms with Gasteiger partial charge in [0, 0.05) is 23.6 Å². The fourth-order valence-electron chi connectivity index (χ4n) is 2.46. The van der Waals surface area contributed by atoms with E-state index >= 15 is 0 Å². The molecule has 0 fully saturated rings. The number of benzene rings is 2. The maximum absolute atomic E-state index is 11.6. The largest absolute Gasteiger partial charge is 0.326 e. The Morgan fingerprint density at radius 3 is 2.63 bits per heavy atom. The van der Waals surface area contributed by atoms with Gasteiger partial charge in [0.25, 0.3) is 0 Å². The first-order chi connectivity index (χ1) is 9.24. The second-order valence-corrected chi connectivity index (χ2v) is 5.18. The van der Waals surface area contributed by atoms with Crippen LogP contribution in [0, 0.1) is 0 Å². The lowest BCUT2D eigenvalue weighted by atomic mass is 9.95. The van der Waals surface area contributed by atoms with Gasteiger partial charge >= 0.3 is 0 Å². The van der Waals surface area contributed by atoms with Crippen molar-refractivity contribution < 1.29 is 4.79 Å². The van der Waals surface area contributed by atoms with Gasteiger partial charge in [0.1, 0.15) is 0 Å². The molecular formula is C16H14ClNO. The standard InChI is InChI=1S/C16H14ClNO/c17-14-8-6-12-7-9-15(19)18-16(12)13(14)10-11-4-2-1-3-5-11/h1-6,8H,7,9-10H2,(H,18,19). The molecule has 1 amide bonds. The number of rotatable bonds is 2. The lowest BCUT2D eigenvalue weighted by molar-refractivity contribution is -0.116. The van der Waals surface area contributed by atoms with Crippen molar-refractivity contribution in [2.45, 2.75) is 19.3 Å². The molecule has 0 spiro atoms. The molecule has 19 heavy (non-hydrogen) atoms. The summed E-state index contributed by atoms with van der Waals surface area (Å²) in [5.74, 6) is 0.0732. The van der Waals surface area contributed by atoms with E-state index in [2.05, 4.69) is 17.4 Å². The highest BCUT2D eigenvalue weighted by atomic mass is 35.5. The van der Waals surface area contributed by atoms with Gasteiger partial charge in [0.2, 0.25) is 5.91 Å². The molecule has 0 aliphatic carbocycles. The number of hydrogen-bond donors (Lipinski definition) is 1. The summed E-state index contributed by atoms with van der Waals surface area (Å²) in [6.07, 6.45) is 2.09. The number of anilines is 1. The van der Waals surface area contributed by atoms with Crippen LogP contribution in [0.3, 0.4) is 0 Å².